The van der Waals surface area contributed by atoms with E-state index in [2.05, 4.69) is 4.98 Å². The van der Waals surface area contributed by atoms with Crippen LogP contribution in [-0.2, 0) is 6.42 Å². The smallest absolute Gasteiger partial charge is 0.258 e. The SMILES string of the molecule is COc1ccc2c(c1)CC(c1nc3cc(/C(C=N)=C(\C)N)ccc3c(=O)[nH]1)CO2. The van der Waals surface area contributed by atoms with Crippen molar-refractivity contribution in [2.24, 2.45) is 5.73 Å². The first-order valence-corrected chi connectivity index (χ1v) is 9.31. The van der Waals surface area contributed by atoms with Crippen LogP contribution in [0.5, 0.6) is 11.5 Å². The second-order valence-electron chi connectivity index (χ2n) is 7.11. The maximum Gasteiger partial charge on any atom is 0.258 e. The van der Waals surface area contributed by atoms with E-state index in [4.69, 9.17) is 25.6 Å². The second kappa shape index (κ2) is 7.43. The van der Waals surface area contributed by atoms with Gasteiger partial charge in [-0.05, 0) is 54.8 Å². The highest BCUT2D eigenvalue weighted by Crippen LogP contribution is 2.33. The first-order valence-electron chi connectivity index (χ1n) is 9.31. The van der Waals surface area contributed by atoms with E-state index in [1.807, 2.05) is 18.2 Å². The number of aromatic nitrogens is 2. The minimum Gasteiger partial charge on any atom is -0.497 e. The number of rotatable bonds is 4. The Morgan fingerprint density at radius 3 is 2.90 bits per heavy atom. The van der Waals surface area contributed by atoms with E-state index in [9.17, 15) is 4.79 Å². The normalized spacial score (nSPS) is 16.6. The Hall–Kier alpha value is -3.61. The highest BCUT2D eigenvalue weighted by Gasteiger charge is 2.24. The van der Waals surface area contributed by atoms with Crippen molar-refractivity contribution in [1.82, 2.24) is 9.97 Å². The van der Waals surface area contributed by atoms with Crippen LogP contribution in [0.25, 0.3) is 16.5 Å². The van der Waals surface area contributed by atoms with Crippen molar-refractivity contribution in [2.75, 3.05) is 13.7 Å². The predicted molar refractivity (Wildman–Crippen MR) is 113 cm³/mol. The molecule has 7 nitrogen and oxygen atoms in total. The van der Waals surface area contributed by atoms with Crippen molar-refractivity contribution in [3.8, 4) is 11.5 Å². The Morgan fingerprint density at radius 1 is 1.34 bits per heavy atom. The number of methoxy groups -OCH3 is 1. The molecule has 29 heavy (non-hydrogen) atoms. The molecule has 0 saturated heterocycles. The third-order valence-corrected chi connectivity index (χ3v) is 5.17. The van der Waals surface area contributed by atoms with Gasteiger partial charge < -0.3 is 25.6 Å². The zero-order valence-electron chi connectivity index (χ0n) is 16.3. The minimum atomic E-state index is -0.196. The summed E-state index contributed by atoms with van der Waals surface area (Å²) < 4.78 is 11.2. The van der Waals surface area contributed by atoms with Crippen molar-refractivity contribution < 1.29 is 9.47 Å². The topological polar surface area (TPSA) is 114 Å². The summed E-state index contributed by atoms with van der Waals surface area (Å²) in [7, 11) is 1.63. The molecule has 0 bridgehead atoms. The second-order valence-corrected chi connectivity index (χ2v) is 7.11. The van der Waals surface area contributed by atoms with E-state index in [0.29, 0.717) is 41.0 Å². The van der Waals surface area contributed by atoms with E-state index < -0.39 is 0 Å². The molecule has 1 aromatic heterocycles. The zero-order chi connectivity index (χ0) is 20.5. The number of fused-ring (bicyclic) bond motifs is 2. The standard InChI is InChI=1S/C22H22N4O3/c1-12(24)18(10-23)13-3-5-17-19(9-13)25-21(26-22(17)27)15-7-14-8-16(28-2)4-6-20(14)29-11-15/h3-6,8-10,15,23H,7,11,24H2,1-2H3,(H,25,26,27)/b18-12+,23-10?. The number of nitrogens with one attached hydrogen (secondary N) is 2. The fourth-order valence-corrected chi connectivity index (χ4v) is 3.62. The molecule has 148 valence electrons. The predicted octanol–water partition coefficient (Wildman–Crippen LogP) is 2.99. The first-order chi connectivity index (χ1) is 14.0. The van der Waals surface area contributed by atoms with Crippen LogP contribution in [0.15, 0.2) is 46.9 Å². The molecule has 1 aliphatic heterocycles. The average Bonchev–Trinajstić information content (AvgIpc) is 2.72. The van der Waals surface area contributed by atoms with Crippen molar-refractivity contribution in [2.45, 2.75) is 19.3 Å². The molecule has 0 fully saturated rings. The molecule has 2 aromatic carbocycles. The lowest BCUT2D eigenvalue weighted by atomic mass is 9.95. The van der Waals surface area contributed by atoms with Crippen molar-refractivity contribution in [3.05, 3.63) is 69.4 Å². The van der Waals surface area contributed by atoms with Crippen LogP contribution >= 0.6 is 0 Å². The lowest BCUT2D eigenvalue weighted by Gasteiger charge is -2.25. The number of nitrogens with zero attached hydrogens (tertiary/aromatic N) is 1. The first kappa shape index (κ1) is 18.7. The highest BCUT2D eigenvalue weighted by atomic mass is 16.5. The Kier molecular flexibility index (Phi) is 4.80. The van der Waals surface area contributed by atoms with Crippen LogP contribution < -0.4 is 20.8 Å². The minimum absolute atomic E-state index is 0.0793. The Morgan fingerprint density at radius 2 is 2.17 bits per heavy atom. The molecule has 0 amide bonds. The molecule has 2 heterocycles. The average molecular weight is 390 g/mol. The maximum absolute atomic E-state index is 12.6. The van der Waals surface area contributed by atoms with E-state index in [-0.39, 0.29) is 11.5 Å². The summed E-state index contributed by atoms with van der Waals surface area (Å²) in [6.45, 7) is 2.17. The fourth-order valence-electron chi connectivity index (χ4n) is 3.62. The van der Waals surface area contributed by atoms with Gasteiger partial charge in [-0.15, -0.1) is 0 Å². The summed E-state index contributed by atoms with van der Waals surface area (Å²) >= 11 is 0. The Bertz CT molecular complexity index is 1190. The number of hydrogen-bond acceptors (Lipinski definition) is 6. The van der Waals surface area contributed by atoms with Gasteiger partial charge in [-0.3, -0.25) is 4.79 Å². The summed E-state index contributed by atoms with van der Waals surface area (Å²) in [5.41, 5.74) is 9.17. The highest BCUT2D eigenvalue weighted by molar-refractivity contribution is 6.10. The van der Waals surface area contributed by atoms with E-state index in [1.54, 1.807) is 32.2 Å². The van der Waals surface area contributed by atoms with Gasteiger partial charge >= 0.3 is 0 Å². The van der Waals surface area contributed by atoms with Crippen molar-refractivity contribution in [3.63, 3.8) is 0 Å². The maximum atomic E-state index is 12.6. The van der Waals surface area contributed by atoms with E-state index >= 15 is 0 Å². The lowest BCUT2D eigenvalue weighted by Crippen LogP contribution is -2.24. The third-order valence-electron chi connectivity index (χ3n) is 5.17. The molecule has 0 aliphatic carbocycles. The Balaban J connectivity index is 1.75. The fraction of sp³-hybridized carbons (Fsp3) is 0.227. The largest absolute Gasteiger partial charge is 0.497 e. The molecular weight excluding hydrogens is 368 g/mol. The number of aromatic amines is 1. The summed E-state index contributed by atoms with van der Waals surface area (Å²) in [5, 5.41) is 8.10. The molecule has 0 radical (unpaired) electrons. The van der Waals surface area contributed by atoms with Crippen LogP contribution in [0.3, 0.4) is 0 Å². The summed E-state index contributed by atoms with van der Waals surface area (Å²) in [4.78, 5) is 20.2. The summed E-state index contributed by atoms with van der Waals surface area (Å²) in [6, 6.07) is 11.0. The van der Waals surface area contributed by atoms with Gasteiger partial charge in [0.2, 0.25) is 0 Å². The molecule has 1 aliphatic rings. The zero-order valence-corrected chi connectivity index (χ0v) is 16.3. The van der Waals surface area contributed by atoms with Crippen molar-refractivity contribution in [1.29, 1.82) is 5.41 Å². The molecule has 3 aromatic rings. The number of hydrogen-bond donors (Lipinski definition) is 3. The van der Waals surface area contributed by atoms with Crippen LogP contribution in [-0.4, -0.2) is 29.9 Å². The van der Waals surface area contributed by atoms with Crippen molar-refractivity contribution >= 4 is 22.7 Å². The molecule has 7 heteroatoms. The van der Waals surface area contributed by atoms with E-state index in [1.165, 1.54) is 6.21 Å². The van der Waals surface area contributed by atoms with Gasteiger partial charge in [-0.2, -0.15) is 0 Å². The molecule has 4 rings (SSSR count). The van der Waals surface area contributed by atoms with Crippen LogP contribution in [0.1, 0.15) is 29.8 Å². The van der Waals surface area contributed by atoms with Gasteiger partial charge in [-0.25, -0.2) is 4.98 Å². The van der Waals surface area contributed by atoms with Gasteiger partial charge in [0.25, 0.3) is 5.56 Å². The summed E-state index contributed by atoms with van der Waals surface area (Å²) in [6.07, 6.45) is 1.90. The molecule has 4 N–H and O–H groups in total. The van der Waals surface area contributed by atoms with E-state index in [0.717, 1.165) is 22.6 Å². The number of benzene rings is 2. The monoisotopic (exact) mass is 390 g/mol. The number of H-pyrrole nitrogens is 1. The molecule has 1 unspecified atom stereocenters. The van der Waals surface area contributed by atoms with Gasteiger partial charge in [0, 0.05) is 17.5 Å². The number of ether oxygens (including phenoxy) is 2. The molecular formula is C22H22N4O3. The molecule has 0 spiro atoms. The van der Waals surface area contributed by atoms with Crippen LogP contribution in [0.2, 0.25) is 0 Å². The number of nitrogens with two attached hydrogens (primary N) is 1. The molecule has 0 saturated carbocycles. The van der Waals surface area contributed by atoms with Gasteiger partial charge in [0.05, 0.1) is 30.5 Å². The lowest BCUT2D eigenvalue weighted by molar-refractivity contribution is 0.257. The van der Waals surface area contributed by atoms with Crippen LogP contribution in [0.4, 0.5) is 0 Å². The van der Waals surface area contributed by atoms with Gasteiger partial charge in [0.1, 0.15) is 17.3 Å². The van der Waals surface area contributed by atoms with Gasteiger partial charge in [0.15, 0.2) is 0 Å². The summed E-state index contributed by atoms with van der Waals surface area (Å²) in [5.74, 6) is 2.09. The van der Waals surface area contributed by atoms with Crippen LogP contribution in [0, 0.1) is 5.41 Å². The quantitative estimate of drug-likeness (QED) is 0.593. The van der Waals surface area contributed by atoms with Gasteiger partial charge in [-0.1, -0.05) is 6.07 Å². The third kappa shape index (κ3) is 3.47. The molecule has 1 atom stereocenters. The Labute approximate surface area is 167 Å². The number of allylic oxidation sites excluding steroid dienone is 2.